The number of benzene rings is 2. The number of aryl methyl sites for hydroxylation is 1. The molecule has 25 heavy (non-hydrogen) atoms. The van der Waals surface area contributed by atoms with Crippen LogP contribution in [0.1, 0.15) is 16.7 Å². The molecular formula is C20H16BrNO2S. The fourth-order valence-corrected chi connectivity index (χ4v) is 3.48. The highest BCUT2D eigenvalue weighted by Gasteiger charge is 2.34. The molecule has 5 heteroatoms. The van der Waals surface area contributed by atoms with Crippen LogP contribution in [-0.2, 0) is 11.3 Å². The molecule has 126 valence electrons. The van der Waals surface area contributed by atoms with E-state index in [2.05, 4.69) is 15.9 Å². The van der Waals surface area contributed by atoms with E-state index >= 15 is 0 Å². The van der Waals surface area contributed by atoms with Gasteiger partial charge in [-0.15, -0.1) is 0 Å². The van der Waals surface area contributed by atoms with Gasteiger partial charge in [0.15, 0.2) is 0 Å². The summed E-state index contributed by atoms with van der Waals surface area (Å²) in [5.74, 6) is -0.237. The van der Waals surface area contributed by atoms with Crippen LogP contribution < -0.4 is 0 Å². The zero-order chi connectivity index (χ0) is 17.8. The van der Waals surface area contributed by atoms with Crippen molar-refractivity contribution in [2.75, 3.05) is 0 Å². The predicted molar refractivity (Wildman–Crippen MR) is 106 cm³/mol. The Balaban J connectivity index is 1.72. The molecule has 0 saturated carbocycles. The van der Waals surface area contributed by atoms with Crippen LogP contribution in [0.15, 0.2) is 70.1 Å². The number of nitrogens with zero attached hydrogens (tertiary/aromatic N) is 1. The molecule has 0 aromatic heterocycles. The van der Waals surface area contributed by atoms with Gasteiger partial charge < -0.3 is 0 Å². The Morgan fingerprint density at radius 3 is 2.52 bits per heavy atom. The SMILES string of the molecule is Cc1ccccc1CN1C(=O)S/C(=C\C=C\c2ccc(Br)cc2)C1=O. The van der Waals surface area contributed by atoms with E-state index in [4.69, 9.17) is 0 Å². The summed E-state index contributed by atoms with van der Waals surface area (Å²) in [5.41, 5.74) is 3.08. The van der Waals surface area contributed by atoms with Gasteiger partial charge in [0.25, 0.3) is 11.1 Å². The van der Waals surface area contributed by atoms with E-state index in [1.807, 2.05) is 61.5 Å². The second kappa shape index (κ2) is 7.85. The Bertz CT molecular complexity index is 872. The van der Waals surface area contributed by atoms with Crippen molar-refractivity contribution in [3.63, 3.8) is 0 Å². The third-order valence-electron chi connectivity index (χ3n) is 3.87. The minimum Gasteiger partial charge on any atom is -0.268 e. The van der Waals surface area contributed by atoms with E-state index in [-0.39, 0.29) is 11.1 Å². The highest BCUT2D eigenvalue weighted by molar-refractivity contribution is 9.10. The fraction of sp³-hybridized carbons (Fsp3) is 0.100. The molecule has 1 aliphatic rings. The van der Waals surface area contributed by atoms with Crippen LogP contribution in [0.2, 0.25) is 0 Å². The summed E-state index contributed by atoms with van der Waals surface area (Å²) >= 11 is 4.38. The molecule has 1 heterocycles. The van der Waals surface area contributed by atoms with Crippen molar-refractivity contribution < 1.29 is 9.59 Å². The lowest BCUT2D eigenvalue weighted by Gasteiger charge is -2.14. The average Bonchev–Trinajstić information content (AvgIpc) is 2.86. The Morgan fingerprint density at radius 2 is 1.80 bits per heavy atom. The van der Waals surface area contributed by atoms with Gasteiger partial charge >= 0.3 is 0 Å². The number of hydrogen-bond acceptors (Lipinski definition) is 3. The van der Waals surface area contributed by atoms with Crippen molar-refractivity contribution in [2.24, 2.45) is 0 Å². The Kier molecular flexibility index (Phi) is 5.56. The maximum absolute atomic E-state index is 12.5. The van der Waals surface area contributed by atoms with Crippen molar-refractivity contribution in [1.29, 1.82) is 0 Å². The Labute approximate surface area is 159 Å². The standard InChI is InChI=1S/C20H16BrNO2S/c1-14-5-2-3-7-16(14)13-22-19(23)18(25-20(22)24)8-4-6-15-9-11-17(21)12-10-15/h2-12H,13H2,1H3/b6-4+,18-8-. The maximum Gasteiger partial charge on any atom is 0.293 e. The topological polar surface area (TPSA) is 37.4 Å². The molecular weight excluding hydrogens is 398 g/mol. The van der Waals surface area contributed by atoms with Crippen molar-refractivity contribution >= 4 is 44.9 Å². The Morgan fingerprint density at radius 1 is 1.08 bits per heavy atom. The first-order valence-electron chi connectivity index (χ1n) is 7.77. The van der Waals surface area contributed by atoms with Crippen molar-refractivity contribution in [2.45, 2.75) is 13.5 Å². The molecule has 2 aromatic rings. The molecule has 3 rings (SSSR count). The first-order valence-corrected chi connectivity index (χ1v) is 9.37. The normalized spacial score (nSPS) is 16.4. The highest BCUT2D eigenvalue weighted by atomic mass is 79.9. The summed E-state index contributed by atoms with van der Waals surface area (Å²) in [4.78, 5) is 26.4. The summed E-state index contributed by atoms with van der Waals surface area (Å²) in [6.07, 6.45) is 5.40. The fourth-order valence-electron chi connectivity index (χ4n) is 2.43. The smallest absolute Gasteiger partial charge is 0.268 e. The van der Waals surface area contributed by atoms with Gasteiger partial charge in [-0.25, -0.2) is 0 Å². The van der Waals surface area contributed by atoms with Gasteiger partial charge in [0.1, 0.15) is 0 Å². The number of carbonyl (C=O) groups is 2. The van der Waals surface area contributed by atoms with Crippen molar-refractivity contribution in [3.05, 3.63) is 86.8 Å². The summed E-state index contributed by atoms with van der Waals surface area (Å²) < 4.78 is 1.02. The second-order valence-corrected chi connectivity index (χ2v) is 7.54. The Hall–Kier alpha value is -2.11. The first-order chi connectivity index (χ1) is 12.0. The third kappa shape index (κ3) is 4.30. The molecule has 2 amide bonds. The molecule has 0 aliphatic carbocycles. The largest absolute Gasteiger partial charge is 0.293 e. The van der Waals surface area contributed by atoms with Crippen LogP contribution >= 0.6 is 27.7 Å². The molecule has 0 N–H and O–H groups in total. The van der Waals surface area contributed by atoms with Crippen LogP contribution in [0.3, 0.4) is 0 Å². The van der Waals surface area contributed by atoms with Gasteiger partial charge in [-0.2, -0.15) is 0 Å². The minimum atomic E-state index is -0.237. The van der Waals surface area contributed by atoms with E-state index in [0.717, 1.165) is 32.9 Å². The summed E-state index contributed by atoms with van der Waals surface area (Å²) in [6, 6.07) is 15.6. The van der Waals surface area contributed by atoms with Crippen LogP contribution in [0, 0.1) is 6.92 Å². The number of thioether (sulfide) groups is 1. The van der Waals surface area contributed by atoms with Crippen molar-refractivity contribution in [3.8, 4) is 0 Å². The van der Waals surface area contributed by atoms with Crippen LogP contribution in [0.25, 0.3) is 6.08 Å². The van der Waals surface area contributed by atoms with Gasteiger partial charge in [0.05, 0.1) is 11.4 Å². The molecule has 0 spiro atoms. The number of imide groups is 1. The summed E-state index contributed by atoms with van der Waals surface area (Å²) in [6.45, 7) is 2.29. The number of allylic oxidation sites excluding steroid dienone is 2. The van der Waals surface area contributed by atoms with Gasteiger partial charge in [0, 0.05) is 4.47 Å². The van der Waals surface area contributed by atoms with E-state index in [9.17, 15) is 9.59 Å². The van der Waals surface area contributed by atoms with Crippen LogP contribution in [0.4, 0.5) is 4.79 Å². The zero-order valence-electron chi connectivity index (χ0n) is 13.6. The predicted octanol–water partition coefficient (Wildman–Crippen LogP) is 5.55. The third-order valence-corrected chi connectivity index (χ3v) is 5.32. The minimum absolute atomic E-state index is 0.225. The molecule has 0 atom stereocenters. The van der Waals surface area contributed by atoms with Gasteiger partial charge in [-0.05, 0) is 53.6 Å². The van der Waals surface area contributed by atoms with E-state index < -0.39 is 0 Å². The lowest BCUT2D eigenvalue weighted by Crippen LogP contribution is -2.27. The highest BCUT2D eigenvalue weighted by Crippen LogP contribution is 2.32. The molecule has 0 bridgehead atoms. The number of carbonyl (C=O) groups excluding carboxylic acids is 2. The van der Waals surface area contributed by atoms with Gasteiger partial charge in [0.2, 0.25) is 0 Å². The molecule has 0 unspecified atom stereocenters. The second-order valence-electron chi connectivity index (χ2n) is 5.63. The maximum atomic E-state index is 12.5. The number of halogens is 1. The quantitative estimate of drug-likeness (QED) is 0.616. The molecule has 0 radical (unpaired) electrons. The van der Waals surface area contributed by atoms with Crippen LogP contribution in [-0.4, -0.2) is 16.0 Å². The molecule has 1 aliphatic heterocycles. The first kappa shape index (κ1) is 17.7. The molecule has 1 saturated heterocycles. The zero-order valence-corrected chi connectivity index (χ0v) is 16.0. The molecule has 1 fully saturated rings. The summed E-state index contributed by atoms with van der Waals surface area (Å²) in [7, 11) is 0. The average molecular weight is 414 g/mol. The van der Waals surface area contributed by atoms with Gasteiger partial charge in [-0.3, -0.25) is 14.5 Å². The summed E-state index contributed by atoms with van der Waals surface area (Å²) in [5, 5.41) is -0.225. The van der Waals surface area contributed by atoms with E-state index in [1.165, 1.54) is 4.90 Å². The lowest BCUT2D eigenvalue weighted by atomic mass is 10.1. The molecule has 3 nitrogen and oxygen atoms in total. The lowest BCUT2D eigenvalue weighted by molar-refractivity contribution is -0.123. The molecule has 2 aromatic carbocycles. The van der Waals surface area contributed by atoms with Crippen molar-refractivity contribution in [1.82, 2.24) is 4.90 Å². The number of hydrogen-bond donors (Lipinski definition) is 0. The van der Waals surface area contributed by atoms with E-state index in [1.54, 1.807) is 12.2 Å². The van der Waals surface area contributed by atoms with Gasteiger partial charge in [-0.1, -0.05) is 64.5 Å². The number of amides is 2. The van der Waals surface area contributed by atoms with Crippen LogP contribution in [0.5, 0.6) is 0 Å². The van der Waals surface area contributed by atoms with E-state index in [0.29, 0.717) is 11.4 Å². The number of rotatable bonds is 4. The monoisotopic (exact) mass is 413 g/mol.